The van der Waals surface area contributed by atoms with E-state index in [0.717, 1.165) is 6.42 Å². The van der Waals surface area contributed by atoms with Gasteiger partial charge in [-0.25, -0.2) is 0 Å². The molecule has 0 spiro atoms. The summed E-state index contributed by atoms with van der Waals surface area (Å²) in [5, 5.41) is 14.0. The fourth-order valence-corrected chi connectivity index (χ4v) is 5.14. The second-order valence-electron chi connectivity index (χ2n) is 7.18. The maximum Gasteiger partial charge on any atom is 0.116 e. The van der Waals surface area contributed by atoms with E-state index in [2.05, 4.69) is 30.3 Å². The third kappa shape index (κ3) is 1.84. The molecule has 3 nitrogen and oxygen atoms in total. The van der Waals surface area contributed by atoms with E-state index in [1.54, 1.807) is 7.11 Å². The molecule has 3 aliphatic rings. The highest BCUT2D eigenvalue weighted by Crippen LogP contribution is 2.59. The smallest absolute Gasteiger partial charge is 0.116 e. The monoisotopic (exact) mass is 297 g/mol. The van der Waals surface area contributed by atoms with Crippen LogP contribution >= 0.6 is 0 Å². The van der Waals surface area contributed by atoms with Gasteiger partial charge in [0.25, 0.3) is 0 Å². The average molecular weight is 297 g/mol. The Hall–Kier alpha value is -1.77. The first kappa shape index (κ1) is 13.9. The second kappa shape index (κ2) is 4.87. The number of phenolic OH excluding ortho intramolecular Hbond substituents is 1. The summed E-state index contributed by atoms with van der Waals surface area (Å²) in [6.45, 7) is 2.37. The van der Waals surface area contributed by atoms with Crippen molar-refractivity contribution in [1.82, 2.24) is 0 Å². The van der Waals surface area contributed by atoms with Gasteiger partial charge in [0.2, 0.25) is 0 Å². The highest BCUT2D eigenvalue weighted by atomic mass is 16.6. The lowest BCUT2D eigenvalue weighted by Crippen LogP contribution is -2.41. The van der Waals surface area contributed by atoms with Gasteiger partial charge in [-0.15, -0.1) is 0 Å². The van der Waals surface area contributed by atoms with Crippen LogP contribution in [0.3, 0.4) is 0 Å². The molecule has 2 fully saturated rings. The summed E-state index contributed by atoms with van der Waals surface area (Å²) < 4.78 is 0. The largest absolute Gasteiger partial charge is 0.508 e. The first-order chi connectivity index (χ1) is 10.6. The third-order valence-electron chi connectivity index (χ3n) is 6.24. The Kier molecular flexibility index (Phi) is 3.07. The Labute approximate surface area is 131 Å². The van der Waals surface area contributed by atoms with E-state index in [0.29, 0.717) is 23.5 Å². The van der Waals surface area contributed by atoms with Crippen LogP contribution in [-0.4, -0.2) is 17.9 Å². The molecule has 116 valence electrons. The van der Waals surface area contributed by atoms with Crippen LogP contribution in [-0.2, 0) is 4.84 Å². The van der Waals surface area contributed by atoms with Crippen molar-refractivity contribution in [3.05, 3.63) is 35.4 Å². The molecule has 4 unspecified atom stereocenters. The van der Waals surface area contributed by atoms with Crippen LogP contribution in [0.1, 0.15) is 49.7 Å². The minimum atomic E-state index is 0.190. The predicted octanol–water partition coefficient (Wildman–Crippen LogP) is 4.33. The maximum atomic E-state index is 9.71. The van der Waals surface area contributed by atoms with Crippen LogP contribution in [0.5, 0.6) is 5.75 Å². The Morgan fingerprint density at radius 1 is 1.32 bits per heavy atom. The van der Waals surface area contributed by atoms with Crippen molar-refractivity contribution in [3.8, 4) is 5.75 Å². The molecule has 4 atom stereocenters. The molecule has 22 heavy (non-hydrogen) atoms. The van der Waals surface area contributed by atoms with Crippen LogP contribution in [0.25, 0.3) is 6.08 Å². The highest BCUT2D eigenvalue weighted by molar-refractivity contribution is 5.92. The molecule has 0 heterocycles. The van der Waals surface area contributed by atoms with Crippen molar-refractivity contribution < 1.29 is 9.94 Å². The van der Waals surface area contributed by atoms with Crippen LogP contribution in [0.2, 0.25) is 0 Å². The van der Waals surface area contributed by atoms with Gasteiger partial charge < -0.3 is 9.94 Å². The van der Waals surface area contributed by atoms with E-state index >= 15 is 0 Å². The molecule has 0 aromatic heterocycles. The number of fused-ring (bicyclic) bond motifs is 5. The lowest BCUT2D eigenvalue weighted by Gasteiger charge is -2.47. The molecule has 0 amide bonds. The number of oxime groups is 1. The van der Waals surface area contributed by atoms with Crippen molar-refractivity contribution >= 4 is 11.8 Å². The molecular weight excluding hydrogens is 274 g/mol. The summed E-state index contributed by atoms with van der Waals surface area (Å²) in [5.74, 6) is 2.18. The minimum Gasteiger partial charge on any atom is -0.508 e. The zero-order chi connectivity index (χ0) is 15.3. The van der Waals surface area contributed by atoms with Gasteiger partial charge in [-0.1, -0.05) is 30.3 Å². The molecule has 3 aliphatic carbocycles. The van der Waals surface area contributed by atoms with E-state index in [4.69, 9.17) is 4.84 Å². The summed E-state index contributed by atoms with van der Waals surface area (Å²) in [5.41, 5.74) is 4.04. The molecule has 1 N–H and O–H groups in total. The first-order valence-electron chi connectivity index (χ1n) is 8.25. The van der Waals surface area contributed by atoms with Crippen LogP contribution in [0.4, 0.5) is 0 Å². The normalized spacial score (nSPS) is 37.5. The van der Waals surface area contributed by atoms with E-state index in [9.17, 15) is 5.11 Å². The molecule has 0 radical (unpaired) electrons. The van der Waals surface area contributed by atoms with E-state index in [1.165, 1.54) is 36.1 Å². The van der Waals surface area contributed by atoms with Crippen molar-refractivity contribution in [2.24, 2.45) is 22.4 Å². The minimum absolute atomic E-state index is 0.190. The average Bonchev–Trinajstić information content (AvgIpc) is 2.84. The van der Waals surface area contributed by atoms with E-state index in [1.807, 2.05) is 12.1 Å². The van der Waals surface area contributed by atoms with Crippen LogP contribution in [0, 0.1) is 17.3 Å². The fraction of sp³-hybridized carbons (Fsp3) is 0.526. The van der Waals surface area contributed by atoms with Gasteiger partial charge in [0.1, 0.15) is 12.9 Å². The van der Waals surface area contributed by atoms with Gasteiger partial charge in [-0.2, -0.15) is 0 Å². The topological polar surface area (TPSA) is 41.8 Å². The van der Waals surface area contributed by atoms with Crippen molar-refractivity contribution in [3.63, 3.8) is 0 Å². The van der Waals surface area contributed by atoms with E-state index < -0.39 is 0 Å². The van der Waals surface area contributed by atoms with Gasteiger partial charge in [0, 0.05) is 5.41 Å². The molecule has 1 aromatic carbocycles. The molecule has 0 bridgehead atoms. The van der Waals surface area contributed by atoms with E-state index in [-0.39, 0.29) is 5.41 Å². The maximum absolute atomic E-state index is 9.71. The molecule has 0 saturated heterocycles. The summed E-state index contributed by atoms with van der Waals surface area (Å²) >= 11 is 0. The van der Waals surface area contributed by atoms with Gasteiger partial charge >= 0.3 is 0 Å². The quantitative estimate of drug-likeness (QED) is 0.784. The fourth-order valence-electron chi connectivity index (χ4n) is 5.14. The highest BCUT2D eigenvalue weighted by Gasteiger charge is 2.53. The van der Waals surface area contributed by atoms with Crippen molar-refractivity contribution in [1.29, 1.82) is 0 Å². The standard InChI is InChI=1S/C19H23NO2/c1-19-10-9-15-14-6-4-13(21)11-12(14)3-5-16(15)17(19)7-8-18(19)20-22-2/h3-6,11,15-17,21H,7-10H2,1-2H3/b20-18+. The van der Waals surface area contributed by atoms with Crippen molar-refractivity contribution in [2.75, 3.05) is 7.11 Å². The summed E-state index contributed by atoms with van der Waals surface area (Å²) in [7, 11) is 1.65. The number of rotatable bonds is 1. The van der Waals surface area contributed by atoms with Crippen LogP contribution < -0.4 is 0 Å². The molecule has 2 saturated carbocycles. The zero-order valence-corrected chi connectivity index (χ0v) is 13.2. The number of phenols is 1. The molecular formula is C19H23NO2. The molecule has 3 heteroatoms. The number of hydrogen-bond acceptors (Lipinski definition) is 3. The molecule has 0 aliphatic heterocycles. The Bertz CT molecular complexity index is 663. The second-order valence-corrected chi connectivity index (χ2v) is 7.18. The van der Waals surface area contributed by atoms with Gasteiger partial charge in [-0.05, 0) is 66.7 Å². The Morgan fingerprint density at radius 3 is 3.00 bits per heavy atom. The Balaban J connectivity index is 1.72. The number of hydrogen-bond donors (Lipinski definition) is 1. The summed E-state index contributed by atoms with van der Waals surface area (Å²) in [4.78, 5) is 5.09. The van der Waals surface area contributed by atoms with Gasteiger partial charge in [0.05, 0.1) is 5.71 Å². The van der Waals surface area contributed by atoms with Crippen molar-refractivity contribution in [2.45, 2.75) is 38.5 Å². The predicted molar refractivity (Wildman–Crippen MR) is 87.9 cm³/mol. The van der Waals surface area contributed by atoms with Crippen LogP contribution in [0.15, 0.2) is 29.4 Å². The lowest BCUT2D eigenvalue weighted by atomic mass is 9.57. The first-order valence-corrected chi connectivity index (χ1v) is 8.25. The van der Waals surface area contributed by atoms with Gasteiger partial charge in [0.15, 0.2) is 0 Å². The SMILES string of the molecule is CO/N=C1\CCC2C3C=Cc4cc(O)ccc4C3CCC12C. The number of nitrogens with zero attached hydrogens (tertiary/aromatic N) is 1. The number of allylic oxidation sites excluding steroid dienone is 1. The summed E-state index contributed by atoms with van der Waals surface area (Å²) in [6.07, 6.45) is 9.21. The lowest BCUT2D eigenvalue weighted by molar-refractivity contribution is 0.133. The van der Waals surface area contributed by atoms with Gasteiger partial charge in [-0.3, -0.25) is 0 Å². The Morgan fingerprint density at radius 2 is 2.18 bits per heavy atom. The molecule has 4 rings (SSSR count). The number of benzene rings is 1. The zero-order valence-electron chi connectivity index (χ0n) is 13.2. The summed E-state index contributed by atoms with van der Waals surface area (Å²) in [6, 6.07) is 5.84. The third-order valence-corrected chi connectivity index (χ3v) is 6.24. The number of aromatic hydroxyl groups is 1. The molecule has 1 aromatic rings.